The van der Waals surface area contributed by atoms with E-state index in [9.17, 15) is 4.39 Å². The van der Waals surface area contributed by atoms with Crippen LogP contribution in [0.4, 0.5) is 21.8 Å². The van der Waals surface area contributed by atoms with Crippen LogP contribution >= 0.6 is 11.6 Å². The SMILES string of the molecule is CCCNc1ncc(F)c(Nc2ccc(C)c(Cl)c2)n1. The molecule has 2 rings (SSSR count). The lowest BCUT2D eigenvalue weighted by molar-refractivity contribution is 0.619. The molecule has 0 atom stereocenters. The van der Waals surface area contributed by atoms with Gasteiger partial charge in [0.05, 0.1) is 6.20 Å². The van der Waals surface area contributed by atoms with Crippen molar-refractivity contribution in [3.8, 4) is 0 Å². The van der Waals surface area contributed by atoms with Gasteiger partial charge in [-0.25, -0.2) is 9.37 Å². The molecular formula is C14H16ClFN4. The normalized spacial score (nSPS) is 10.4. The summed E-state index contributed by atoms with van der Waals surface area (Å²) in [6, 6.07) is 5.42. The third-order valence-corrected chi connectivity index (χ3v) is 3.12. The first-order valence-electron chi connectivity index (χ1n) is 6.39. The number of aryl methyl sites for hydroxylation is 1. The lowest BCUT2D eigenvalue weighted by Gasteiger charge is -2.10. The molecule has 4 nitrogen and oxygen atoms in total. The van der Waals surface area contributed by atoms with E-state index in [4.69, 9.17) is 11.6 Å². The number of hydrogen-bond donors (Lipinski definition) is 2. The summed E-state index contributed by atoms with van der Waals surface area (Å²) in [6.07, 6.45) is 2.08. The van der Waals surface area contributed by atoms with Crippen molar-refractivity contribution >= 4 is 29.1 Å². The molecule has 0 aliphatic rings. The maximum absolute atomic E-state index is 13.7. The van der Waals surface area contributed by atoms with Crippen molar-refractivity contribution in [1.29, 1.82) is 0 Å². The van der Waals surface area contributed by atoms with Crippen molar-refractivity contribution in [3.63, 3.8) is 0 Å². The van der Waals surface area contributed by atoms with E-state index >= 15 is 0 Å². The average Bonchev–Trinajstić information content (AvgIpc) is 2.44. The van der Waals surface area contributed by atoms with Crippen LogP contribution in [0.1, 0.15) is 18.9 Å². The summed E-state index contributed by atoms with van der Waals surface area (Å²) in [5, 5.41) is 6.54. The Labute approximate surface area is 122 Å². The Bertz CT molecular complexity index is 604. The van der Waals surface area contributed by atoms with Gasteiger partial charge in [-0.2, -0.15) is 4.98 Å². The van der Waals surface area contributed by atoms with E-state index in [1.165, 1.54) is 0 Å². The van der Waals surface area contributed by atoms with Gasteiger partial charge >= 0.3 is 0 Å². The lowest BCUT2D eigenvalue weighted by Crippen LogP contribution is -2.07. The maximum Gasteiger partial charge on any atom is 0.224 e. The predicted molar refractivity (Wildman–Crippen MR) is 80.2 cm³/mol. The van der Waals surface area contributed by atoms with Crippen LogP contribution in [0.25, 0.3) is 0 Å². The molecule has 20 heavy (non-hydrogen) atoms. The van der Waals surface area contributed by atoms with Crippen LogP contribution in [-0.2, 0) is 0 Å². The zero-order chi connectivity index (χ0) is 14.5. The van der Waals surface area contributed by atoms with Gasteiger partial charge in [-0.1, -0.05) is 24.6 Å². The Morgan fingerprint density at radius 3 is 2.85 bits per heavy atom. The summed E-state index contributed by atoms with van der Waals surface area (Å²) in [5.74, 6) is 0.0104. The number of anilines is 3. The lowest BCUT2D eigenvalue weighted by atomic mass is 10.2. The van der Waals surface area contributed by atoms with Crippen molar-refractivity contribution in [3.05, 3.63) is 40.8 Å². The standard InChI is InChI=1S/C14H16ClFN4/c1-3-6-17-14-18-8-12(16)13(20-14)19-10-5-4-9(2)11(15)7-10/h4-5,7-8H,3,6H2,1-2H3,(H2,17,18,19,20). The highest BCUT2D eigenvalue weighted by atomic mass is 35.5. The molecule has 2 N–H and O–H groups in total. The van der Waals surface area contributed by atoms with Gasteiger partial charge in [-0.15, -0.1) is 0 Å². The van der Waals surface area contributed by atoms with Gasteiger partial charge in [0, 0.05) is 17.3 Å². The molecule has 2 aromatic rings. The summed E-state index contributed by atoms with van der Waals surface area (Å²) in [7, 11) is 0. The topological polar surface area (TPSA) is 49.8 Å². The highest BCUT2D eigenvalue weighted by Crippen LogP contribution is 2.23. The molecule has 0 radical (unpaired) electrons. The molecular weight excluding hydrogens is 279 g/mol. The van der Waals surface area contributed by atoms with Crippen LogP contribution < -0.4 is 10.6 Å². The molecule has 1 aromatic heterocycles. The Kier molecular flexibility index (Phi) is 4.74. The fourth-order valence-electron chi connectivity index (χ4n) is 1.58. The van der Waals surface area contributed by atoms with Gasteiger partial charge in [-0.3, -0.25) is 0 Å². The molecule has 0 fully saturated rings. The van der Waals surface area contributed by atoms with Crippen LogP contribution in [0.5, 0.6) is 0 Å². The first-order valence-corrected chi connectivity index (χ1v) is 6.77. The Balaban J connectivity index is 2.20. The van der Waals surface area contributed by atoms with Gasteiger partial charge in [-0.05, 0) is 31.0 Å². The molecule has 0 unspecified atom stereocenters. The van der Waals surface area contributed by atoms with Gasteiger partial charge in [0.1, 0.15) is 0 Å². The fourth-order valence-corrected chi connectivity index (χ4v) is 1.76. The molecule has 0 spiro atoms. The molecule has 6 heteroatoms. The number of halogens is 2. The third kappa shape index (κ3) is 3.57. The quantitative estimate of drug-likeness (QED) is 0.870. The largest absolute Gasteiger partial charge is 0.354 e. The molecule has 0 saturated carbocycles. The van der Waals surface area contributed by atoms with E-state index in [1.807, 2.05) is 26.0 Å². The van der Waals surface area contributed by atoms with Gasteiger partial charge < -0.3 is 10.6 Å². The van der Waals surface area contributed by atoms with Crippen LogP contribution in [0.2, 0.25) is 5.02 Å². The molecule has 1 aromatic carbocycles. The number of hydrogen-bond acceptors (Lipinski definition) is 4. The van der Waals surface area contributed by atoms with Crippen molar-refractivity contribution in [2.75, 3.05) is 17.2 Å². The van der Waals surface area contributed by atoms with Crippen LogP contribution in [-0.4, -0.2) is 16.5 Å². The van der Waals surface area contributed by atoms with Crippen LogP contribution in [0, 0.1) is 12.7 Å². The summed E-state index contributed by atoms with van der Waals surface area (Å²) in [5.41, 5.74) is 1.64. The van der Waals surface area contributed by atoms with Gasteiger partial charge in [0.25, 0.3) is 0 Å². The fraction of sp³-hybridized carbons (Fsp3) is 0.286. The van der Waals surface area contributed by atoms with E-state index in [2.05, 4.69) is 20.6 Å². The zero-order valence-electron chi connectivity index (χ0n) is 11.4. The number of rotatable bonds is 5. The van der Waals surface area contributed by atoms with Gasteiger partial charge in [0.2, 0.25) is 5.95 Å². The van der Waals surface area contributed by atoms with Crippen LogP contribution in [0.3, 0.4) is 0 Å². The van der Waals surface area contributed by atoms with Gasteiger partial charge in [0.15, 0.2) is 11.6 Å². The maximum atomic E-state index is 13.7. The minimum Gasteiger partial charge on any atom is -0.354 e. The van der Waals surface area contributed by atoms with Crippen molar-refractivity contribution in [2.45, 2.75) is 20.3 Å². The Morgan fingerprint density at radius 2 is 2.15 bits per heavy atom. The second-order valence-corrected chi connectivity index (χ2v) is 4.81. The number of nitrogens with one attached hydrogen (secondary N) is 2. The molecule has 0 bridgehead atoms. The smallest absolute Gasteiger partial charge is 0.224 e. The monoisotopic (exact) mass is 294 g/mol. The zero-order valence-corrected chi connectivity index (χ0v) is 12.1. The minimum atomic E-state index is -0.510. The third-order valence-electron chi connectivity index (χ3n) is 2.71. The van der Waals surface area contributed by atoms with E-state index in [-0.39, 0.29) is 5.82 Å². The second-order valence-electron chi connectivity index (χ2n) is 4.41. The predicted octanol–water partition coefficient (Wildman–Crippen LogP) is 4.14. The number of benzene rings is 1. The molecule has 0 amide bonds. The first kappa shape index (κ1) is 14.5. The molecule has 1 heterocycles. The van der Waals surface area contributed by atoms with Crippen molar-refractivity contribution in [1.82, 2.24) is 9.97 Å². The van der Waals surface area contributed by atoms with Crippen LogP contribution in [0.15, 0.2) is 24.4 Å². The molecule has 0 aliphatic carbocycles. The number of nitrogens with zero attached hydrogens (tertiary/aromatic N) is 2. The molecule has 0 saturated heterocycles. The highest BCUT2D eigenvalue weighted by molar-refractivity contribution is 6.31. The minimum absolute atomic E-state index is 0.124. The van der Waals surface area contributed by atoms with E-state index in [0.29, 0.717) is 16.7 Å². The Morgan fingerprint density at radius 1 is 1.35 bits per heavy atom. The highest BCUT2D eigenvalue weighted by Gasteiger charge is 2.08. The molecule has 106 valence electrons. The Hall–Kier alpha value is -1.88. The van der Waals surface area contributed by atoms with Crippen molar-refractivity contribution in [2.24, 2.45) is 0 Å². The number of aromatic nitrogens is 2. The van der Waals surface area contributed by atoms with E-state index in [0.717, 1.165) is 24.7 Å². The summed E-state index contributed by atoms with van der Waals surface area (Å²) in [4.78, 5) is 7.99. The van der Waals surface area contributed by atoms with E-state index < -0.39 is 5.82 Å². The first-order chi connectivity index (χ1) is 9.60. The van der Waals surface area contributed by atoms with Crippen molar-refractivity contribution < 1.29 is 4.39 Å². The average molecular weight is 295 g/mol. The summed E-state index contributed by atoms with van der Waals surface area (Å²) in [6.45, 7) is 4.68. The molecule has 0 aliphatic heterocycles. The summed E-state index contributed by atoms with van der Waals surface area (Å²) < 4.78 is 13.7. The second kappa shape index (κ2) is 6.52. The van der Waals surface area contributed by atoms with E-state index in [1.54, 1.807) is 6.07 Å². The summed E-state index contributed by atoms with van der Waals surface area (Å²) >= 11 is 6.04.